The third kappa shape index (κ3) is 7.70. The maximum absolute atomic E-state index is 3.89. The van der Waals surface area contributed by atoms with Gasteiger partial charge in [0.1, 0.15) is 0 Å². The molecule has 1 saturated carbocycles. The first kappa shape index (κ1) is 36.5. The molecule has 7 rings (SSSR count). The van der Waals surface area contributed by atoms with Crippen LogP contribution < -0.4 is 0 Å². The van der Waals surface area contributed by atoms with Gasteiger partial charge in [-0.3, -0.25) is 0 Å². The van der Waals surface area contributed by atoms with Gasteiger partial charge in [0.2, 0.25) is 0 Å². The zero-order valence-corrected chi connectivity index (χ0v) is 34.5. The number of benzene rings is 2. The maximum atomic E-state index is 3.89. The molecule has 2 heteroatoms. The van der Waals surface area contributed by atoms with Gasteiger partial charge in [0.05, 0.1) is 0 Å². The SMILES string of the molecule is CC1=[C-]c2cc3c(cc2C1)C(C)(C)CCC3(C)C.CC1=[C-]c2cc3c(cc2C1)C(C)(C)CCC3(C)C.[CH2-][SiH2]C1CC1.[CH3-].[Hf+4]. The van der Waals surface area contributed by atoms with Crippen LogP contribution in [0.2, 0.25) is 5.54 Å². The molecule has 0 saturated heterocycles. The van der Waals surface area contributed by atoms with Crippen molar-refractivity contribution < 1.29 is 25.8 Å². The normalized spacial score (nSPS) is 22.5. The van der Waals surface area contributed by atoms with Gasteiger partial charge in [-0.1, -0.05) is 123 Å². The minimum Gasteiger partial charge on any atom is -0.358 e. The second kappa shape index (κ2) is 13.0. The second-order valence-electron chi connectivity index (χ2n) is 16.5. The van der Waals surface area contributed by atoms with Crippen LogP contribution in [0.3, 0.4) is 0 Å². The van der Waals surface area contributed by atoms with Crippen LogP contribution in [0.25, 0.3) is 0 Å². The van der Waals surface area contributed by atoms with Gasteiger partial charge in [-0.25, -0.2) is 0 Å². The van der Waals surface area contributed by atoms with Gasteiger partial charge < -0.3 is 14.0 Å². The molecule has 0 bridgehead atoms. The number of allylic oxidation sites excluding steroid dienone is 2. The summed E-state index contributed by atoms with van der Waals surface area (Å²) in [6.07, 6.45) is 17.4. The maximum Gasteiger partial charge on any atom is 4.00 e. The van der Waals surface area contributed by atoms with Crippen molar-refractivity contribution in [2.75, 3.05) is 0 Å². The Morgan fingerprint density at radius 2 is 0.907 bits per heavy atom. The second-order valence-corrected chi connectivity index (χ2v) is 18.3. The Bertz CT molecular complexity index is 1290. The minimum atomic E-state index is 0. The first-order valence-electron chi connectivity index (χ1n) is 16.4. The molecule has 0 heterocycles. The van der Waals surface area contributed by atoms with Gasteiger partial charge in [0, 0.05) is 0 Å². The van der Waals surface area contributed by atoms with E-state index in [0.717, 1.165) is 18.4 Å². The number of rotatable bonds is 1. The number of fused-ring (bicyclic) bond motifs is 4. The largest absolute Gasteiger partial charge is 4.00 e. The molecule has 0 unspecified atom stereocenters. The predicted molar refractivity (Wildman–Crippen MR) is 187 cm³/mol. The summed E-state index contributed by atoms with van der Waals surface area (Å²) in [5, 5.41) is 0. The fourth-order valence-corrected chi connectivity index (χ4v) is 8.18. The van der Waals surface area contributed by atoms with Crippen LogP contribution >= 0.6 is 0 Å². The molecule has 2 aromatic rings. The summed E-state index contributed by atoms with van der Waals surface area (Å²) in [7, 11) is 0.210. The van der Waals surface area contributed by atoms with E-state index in [0.29, 0.717) is 21.7 Å². The molecule has 230 valence electrons. The summed E-state index contributed by atoms with van der Waals surface area (Å²) in [5.41, 5.74) is 17.1. The van der Waals surface area contributed by atoms with Gasteiger partial charge in [0.15, 0.2) is 0 Å². The molecule has 0 amide bonds. The molecule has 0 nitrogen and oxygen atoms in total. The van der Waals surface area contributed by atoms with E-state index in [9.17, 15) is 0 Å². The summed E-state index contributed by atoms with van der Waals surface area (Å²) < 4.78 is 0. The monoisotopic (exact) mass is 758 g/mol. The van der Waals surface area contributed by atoms with E-state index in [2.05, 4.69) is 112 Å². The van der Waals surface area contributed by atoms with Gasteiger partial charge in [-0.15, -0.1) is 43.9 Å². The molecule has 0 N–H and O–H groups in total. The van der Waals surface area contributed by atoms with E-state index < -0.39 is 0 Å². The molecule has 1 fully saturated rings. The van der Waals surface area contributed by atoms with Gasteiger partial charge in [-0.2, -0.15) is 35.4 Å². The molecule has 0 spiro atoms. The third-order valence-corrected chi connectivity index (χ3v) is 12.5. The summed E-state index contributed by atoms with van der Waals surface area (Å²) >= 11 is 0. The summed E-state index contributed by atoms with van der Waals surface area (Å²) in [6.45, 7) is 27.4. The quantitative estimate of drug-likeness (QED) is 0.201. The fraction of sp³-hybridized carbons (Fsp3) is 0.561. The molecular weight excluding hydrogens is 699 g/mol. The van der Waals surface area contributed by atoms with E-state index in [1.54, 1.807) is 22.3 Å². The van der Waals surface area contributed by atoms with Crippen LogP contribution in [0.15, 0.2) is 35.4 Å². The molecule has 2 aromatic carbocycles. The smallest absolute Gasteiger partial charge is 0.358 e. The van der Waals surface area contributed by atoms with Crippen molar-refractivity contribution in [1.29, 1.82) is 0 Å². The standard InChI is InChI=1S/2C18H23.C4H9Si.CH3.Hf/c2*1-12-8-13-10-15-16(11-14(13)9-12)18(4,5)7-6-17(15,2)3;1-5-4-2-3-4;;/h2*10-11H,6-8H2,1-5H3;4H,1-3,5H2;1H3;/q4*-1;+4. The predicted octanol–water partition coefficient (Wildman–Crippen LogP) is 10.4. The third-order valence-electron chi connectivity index (χ3n) is 10.9. The van der Waals surface area contributed by atoms with Crippen LogP contribution in [-0.2, 0) is 60.3 Å². The fourth-order valence-electron chi connectivity index (χ4n) is 7.37. The van der Waals surface area contributed by atoms with Crippen molar-refractivity contribution in [3.05, 3.63) is 106 Å². The minimum absolute atomic E-state index is 0. The molecule has 0 radical (unpaired) electrons. The van der Waals surface area contributed by atoms with Crippen LogP contribution in [0.4, 0.5) is 0 Å². The Hall–Kier alpha value is -0.993. The Morgan fingerprint density at radius 3 is 1.16 bits per heavy atom. The average molecular weight is 757 g/mol. The van der Waals surface area contributed by atoms with Gasteiger partial charge in [0.25, 0.3) is 0 Å². The van der Waals surface area contributed by atoms with E-state index in [1.807, 2.05) is 0 Å². The van der Waals surface area contributed by atoms with Crippen molar-refractivity contribution in [2.24, 2.45) is 0 Å². The van der Waals surface area contributed by atoms with Crippen molar-refractivity contribution in [1.82, 2.24) is 0 Å². The Kier molecular flexibility index (Phi) is 11.0. The van der Waals surface area contributed by atoms with E-state index in [1.165, 1.54) is 71.9 Å². The summed E-state index contributed by atoms with van der Waals surface area (Å²) in [5.74, 6) is 0. The van der Waals surface area contributed by atoms with Crippen LogP contribution in [0.5, 0.6) is 0 Å². The Labute approximate surface area is 287 Å². The first-order chi connectivity index (χ1) is 19.0. The van der Waals surface area contributed by atoms with Gasteiger partial charge in [-0.05, 0) is 47.3 Å². The van der Waals surface area contributed by atoms with Crippen molar-refractivity contribution in [2.45, 2.75) is 148 Å². The molecule has 5 aliphatic carbocycles. The molecule has 0 aliphatic heterocycles. The topological polar surface area (TPSA) is 0 Å². The molecule has 43 heavy (non-hydrogen) atoms. The average Bonchev–Trinajstić information content (AvgIpc) is 3.55. The van der Waals surface area contributed by atoms with Crippen molar-refractivity contribution in [3.8, 4) is 0 Å². The zero-order chi connectivity index (χ0) is 30.0. The van der Waals surface area contributed by atoms with Crippen LogP contribution in [0, 0.1) is 26.1 Å². The molecule has 0 aromatic heterocycles. The van der Waals surface area contributed by atoms with E-state index >= 15 is 0 Å². The zero-order valence-electron chi connectivity index (χ0n) is 29.5. The molecule has 5 aliphatic rings. The molecule has 0 atom stereocenters. The van der Waals surface area contributed by atoms with Gasteiger partial charge >= 0.3 is 25.8 Å². The Morgan fingerprint density at radius 1 is 0.605 bits per heavy atom. The molecular formula is C41H58HfSi. The van der Waals surface area contributed by atoms with Crippen LogP contribution in [-0.4, -0.2) is 9.52 Å². The Balaban J connectivity index is 0.000000195. The van der Waals surface area contributed by atoms with Crippen molar-refractivity contribution >= 4 is 9.52 Å². The van der Waals surface area contributed by atoms with E-state index in [-0.39, 0.29) is 42.8 Å². The number of hydrogen-bond donors (Lipinski definition) is 0. The number of hydrogen-bond acceptors (Lipinski definition) is 0. The summed E-state index contributed by atoms with van der Waals surface area (Å²) in [6, 6.07) is 9.77. The summed E-state index contributed by atoms with van der Waals surface area (Å²) in [4.78, 5) is 0. The van der Waals surface area contributed by atoms with Crippen LogP contribution in [0.1, 0.15) is 152 Å². The first-order valence-corrected chi connectivity index (χ1v) is 18.2. The van der Waals surface area contributed by atoms with E-state index in [4.69, 9.17) is 0 Å². The van der Waals surface area contributed by atoms with Crippen molar-refractivity contribution in [3.63, 3.8) is 0 Å².